The minimum Gasteiger partial charge on any atom is -0.379 e. The molecule has 1 aromatic carbocycles. The van der Waals surface area contributed by atoms with Crippen molar-refractivity contribution in [1.82, 2.24) is 14.9 Å². The van der Waals surface area contributed by atoms with Crippen LogP contribution in [0.5, 0.6) is 0 Å². The van der Waals surface area contributed by atoms with E-state index in [1.807, 2.05) is 30.3 Å². The van der Waals surface area contributed by atoms with Gasteiger partial charge in [-0.15, -0.1) is 0 Å². The summed E-state index contributed by atoms with van der Waals surface area (Å²) in [4.78, 5) is 12.3. The first-order valence-electron chi connectivity index (χ1n) is 8.69. The smallest absolute Gasteiger partial charge is 0.237 e. The molecule has 8 heteroatoms. The predicted octanol–water partition coefficient (Wildman–Crippen LogP) is -0.262. The van der Waals surface area contributed by atoms with Gasteiger partial charge >= 0.3 is 0 Å². The topological polar surface area (TPSA) is 87.7 Å². The Labute approximate surface area is 148 Å². The quantitative estimate of drug-likeness (QED) is 0.723. The van der Waals surface area contributed by atoms with Crippen molar-refractivity contribution in [2.24, 2.45) is 0 Å². The molecule has 3 rings (SSSR count). The molecule has 2 aliphatic heterocycles. The molecule has 0 spiro atoms. The first-order valence-corrected chi connectivity index (χ1v) is 10.2. The van der Waals surface area contributed by atoms with Crippen LogP contribution >= 0.6 is 0 Å². The number of hydrogen-bond acceptors (Lipinski definition) is 5. The van der Waals surface area contributed by atoms with E-state index in [0.29, 0.717) is 45.8 Å². The average molecular weight is 367 g/mol. The SMILES string of the molecule is O=C(NCCc1ccccc1)C1CC(S(=O)(=O)N2CCOCC2)CN1. The van der Waals surface area contributed by atoms with Crippen LogP contribution in [0.25, 0.3) is 0 Å². The molecule has 0 saturated carbocycles. The predicted molar refractivity (Wildman–Crippen MR) is 94.7 cm³/mol. The monoisotopic (exact) mass is 367 g/mol. The molecule has 2 fully saturated rings. The second kappa shape index (κ2) is 8.27. The summed E-state index contributed by atoms with van der Waals surface area (Å²) >= 11 is 0. The van der Waals surface area contributed by atoms with Crippen LogP contribution in [-0.2, 0) is 26.0 Å². The number of ether oxygens (including phenoxy) is 1. The normalized spacial score (nSPS) is 25.0. The largest absolute Gasteiger partial charge is 0.379 e. The molecular weight excluding hydrogens is 342 g/mol. The third-order valence-corrected chi connectivity index (χ3v) is 7.00. The number of sulfonamides is 1. The van der Waals surface area contributed by atoms with Crippen LogP contribution in [0, 0.1) is 0 Å². The van der Waals surface area contributed by atoms with Gasteiger partial charge in [0.05, 0.1) is 24.5 Å². The molecule has 2 unspecified atom stereocenters. The number of morpholine rings is 1. The Balaban J connectivity index is 1.47. The number of hydrogen-bond donors (Lipinski definition) is 2. The molecule has 1 amide bonds. The zero-order valence-electron chi connectivity index (χ0n) is 14.2. The van der Waals surface area contributed by atoms with Gasteiger partial charge in [-0.1, -0.05) is 30.3 Å². The van der Waals surface area contributed by atoms with E-state index >= 15 is 0 Å². The zero-order chi connectivity index (χ0) is 17.7. The number of amides is 1. The molecule has 138 valence electrons. The van der Waals surface area contributed by atoms with Gasteiger partial charge < -0.3 is 15.4 Å². The van der Waals surface area contributed by atoms with Crippen LogP contribution in [-0.4, -0.2) is 69.3 Å². The summed E-state index contributed by atoms with van der Waals surface area (Å²) in [5.74, 6) is -0.129. The molecule has 0 aromatic heterocycles. The molecule has 25 heavy (non-hydrogen) atoms. The van der Waals surface area contributed by atoms with Gasteiger partial charge in [-0.3, -0.25) is 4.79 Å². The summed E-state index contributed by atoms with van der Waals surface area (Å²) in [5.41, 5.74) is 1.16. The molecule has 1 aromatic rings. The lowest BCUT2D eigenvalue weighted by molar-refractivity contribution is -0.122. The minimum atomic E-state index is -3.38. The molecule has 2 aliphatic rings. The van der Waals surface area contributed by atoms with Gasteiger partial charge in [-0.25, -0.2) is 8.42 Å². The van der Waals surface area contributed by atoms with E-state index in [9.17, 15) is 13.2 Å². The van der Waals surface area contributed by atoms with Crippen LogP contribution in [0.3, 0.4) is 0 Å². The molecule has 2 saturated heterocycles. The second-order valence-corrected chi connectivity index (χ2v) is 8.61. The van der Waals surface area contributed by atoms with Gasteiger partial charge in [0, 0.05) is 26.2 Å². The standard InChI is InChI=1S/C17H25N3O4S/c21-17(18-7-6-14-4-2-1-3-5-14)16-12-15(13-19-16)25(22,23)20-8-10-24-11-9-20/h1-5,15-16,19H,6-13H2,(H,18,21). The summed E-state index contributed by atoms with van der Waals surface area (Å²) in [6.45, 7) is 2.52. The number of nitrogens with one attached hydrogen (secondary N) is 2. The Morgan fingerprint density at radius 2 is 1.96 bits per heavy atom. The number of carbonyl (C=O) groups excluding carboxylic acids is 1. The maximum Gasteiger partial charge on any atom is 0.237 e. The van der Waals surface area contributed by atoms with Crippen molar-refractivity contribution in [2.75, 3.05) is 39.4 Å². The lowest BCUT2D eigenvalue weighted by Gasteiger charge is -2.28. The van der Waals surface area contributed by atoms with Crippen molar-refractivity contribution in [3.8, 4) is 0 Å². The highest BCUT2D eigenvalue weighted by atomic mass is 32.2. The lowest BCUT2D eigenvalue weighted by atomic mass is 10.1. The first-order chi connectivity index (χ1) is 12.1. The number of carbonyl (C=O) groups is 1. The Morgan fingerprint density at radius 3 is 2.68 bits per heavy atom. The fourth-order valence-corrected chi connectivity index (χ4v) is 5.06. The zero-order valence-corrected chi connectivity index (χ0v) is 15.0. The summed E-state index contributed by atoms with van der Waals surface area (Å²) in [6, 6.07) is 9.49. The second-order valence-electron chi connectivity index (χ2n) is 6.40. The molecular formula is C17H25N3O4S. The van der Waals surface area contributed by atoms with E-state index in [1.165, 1.54) is 4.31 Å². The minimum absolute atomic E-state index is 0.129. The van der Waals surface area contributed by atoms with E-state index in [2.05, 4.69) is 10.6 Å². The average Bonchev–Trinajstić information content (AvgIpc) is 3.14. The summed E-state index contributed by atoms with van der Waals surface area (Å²) in [7, 11) is -3.38. The van der Waals surface area contributed by atoms with E-state index in [1.54, 1.807) is 0 Å². The Kier molecular flexibility index (Phi) is 6.06. The van der Waals surface area contributed by atoms with E-state index in [0.717, 1.165) is 12.0 Å². The third-order valence-electron chi connectivity index (χ3n) is 4.71. The van der Waals surface area contributed by atoms with Gasteiger partial charge in [-0.05, 0) is 18.4 Å². The molecule has 2 atom stereocenters. The Bertz CT molecular complexity index is 674. The Morgan fingerprint density at radius 1 is 1.24 bits per heavy atom. The lowest BCUT2D eigenvalue weighted by Crippen LogP contribution is -2.45. The maximum absolute atomic E-state index is 12.7. The van der Waals surface area contributed by atoms with Crippen molar-refractivity contribution in [3.63, 3.8) is 0 Å². The Hall–Kier alpha value is -1.48. The molecule has 2 N–H and O–H groups in total. The highest BCUT2D eigenvalue weighted by molar-refractivity contribution is 7.89. The van der Waals surface area contributed by atoms with Crippen molar-refractivity contribution >= 4 is 15.9 Å². The maximum atomic E-state index is 12.7. The van der Waals surface area contributed by atoms with Crippen LogP contribution in [0.4, 0.5) is 0 Å². The third kappa shape index (κ3) is 4.58. The fraction of sp³-hybridized carbons (Fsp3) is 0.588. The van der Waals surface area contributed by atoms with Crippen LogP contribution in [0.15, 0.2) is 30.3 Å². The number of rotatable bonds is 6. The highest BCUT2D eigenvalue weighted by Crippen LogP contribution is 2.20. The molecule has 2 heterocycles. The number of nitrogens with zero attached hydrogens (tertiary/aromatic N) is 1. The summed E-state index contributed by atoms with van der Waals surface area (Å²) < 4.78 is 32.0. The van der Waals surface area contributed by atoms with Crippen molar-refractivity contribution in [3.05, 3.63) is 35.9 Å². The van der Waals surface area contributed by atoms with Crippen LogP contribution < -0.4 is 10.6 Å². The van der Waals surface area contributed by atoms with Crippen molar-refractivity contribution in [2.45, 2.75) is 24.1 Å². The summed E-state index contributed by atoms with van der Waals surface area (Å²) in [6.07, 6.45) is 1.08. The summed E-state index contributed by atoms with van der Waals surface area (Å²) in [5, 5.41) is 5.40. The highest BCUT2D eigenvalue weighted by Gasteiger charge is 2.40. The molecule has 7 nitrogen and oxygen atoms in total. The van der Waals surface area contributed by atoms with Gasteiger partial charge in [0.2, 0.25) is 15.9 Å². The van der Waals surface area contributed by atoms with Gasteiger partial charge in [0.1, 0.15) is 0 Å². The molecule has 0 radical (unpaired) electrons. The van der Waals surface area contributed by atoms with Crippen molar-refractivity contribution in [1.29, 1.82) is 0 Å². The number of benzene rings is 1. The van der Waals surface area contributed by atoms with E-state index in [-0.39, 0.29) is 5.91 Å². The van der Waals surface area contributed by atoms with Gasteiger partial charge in [0.15, 0.2) is 0 Å². The van der Waals surface area contributed by atoms with Crippen molar-refractivity contribution < 1.29 is 17.9 Å². The van der Waals surface area contributed by atoms with Gasteiger partial charge in [0.25, 0.3) is 0 Å². The van der Waals surface area contributed by atoms with Gasteiger partial charge in [-0.2, -0.15) is 4.31 Å². The first kappa shape index (κ1) is 18.3. The molecule has 0 aliphatic carbocycles. The van der Waals surface area contributed by atoms with E-state index in [4.69, 9.17) is 4.74 Å². The molecule has 0 bridgehead atoms. The fourth-order valence-electron chi connectivity index (χ4n) is 3.24. The van der Waals surface area contributed by atoms with Crippen LogP contribution in [0.2, 0.25) is 0 Å². The van der Waals surface area contributed by atoms with E-state index < -0.39 is 21.3 Å². The van der Waals surface area contributed by atoms with Crippen LogP contribution in [0.1, 0.15) is 12.0 Å².